The Hall–Kier alpha value is -1.19. The van der Waals surface area contributed by atoms with E-state index in [0.29, 0.717) is 4.90 Å². The molecule has 2 nitrogen and oxygen atoms in total. The molecule has 0 radical (unpaired) electrons. The average molecular weight is 220 g/mol. The fourth-order valence-electron chi connectivity index (χ4n) is 1.73. The first kappa shape index (κ1) is 10.3. The monoisotopic (exact) mass is 220 g/mol. The van der Waals surface area contributed by atoms with Gasteiger partial charge in [0.05, 0.1) is 4.90 Å². The number of fused-ring (bicyclic) bond motifs is 1. The van der Waals surface area contributed by atoms with E-state index in [-0.39, 0.29) is 0 Å². The van der Waals surface area contributed by atoms with E-state index in [1.165, 1.54) is 5.56 Å². The van der Waals surface area contributed by atoms with E-state index in [9.17, 15) is 4.21 Å². The minimum atomic E-state index is -1.90. The Morgan fingerprint density at radius 2 is 2.07 bits per heavy atom. The van der Waals surface area contributed by atoms with Crippen LogP contribution in [0.15, 0.2) is 41.3 Å². The summed E-state index contributed by atoms with van der Waals surface area (Å²) < 4.78 is 20.0. The molecule has 0 fully saturated rings. The molecule has 0 amide bonds. The van der Waals surface area contributed by atoms with Crippen molar-refractivity contribution >= 4 is 21.9 Å². The van der Waals surface area contributed by atoms with Gasteiger partial charge in [0.2, 0.25) is 0 Å². The zero-order chi connectivity index (χ0) is 10.8. The third kappa shape index (κ3) is 1.94. The molecule has 0 heterocycles. The lowest BCUT2D eigenvalue weighted by molar-refractivity contribution is 0.564. The fraction of sp³-hybridized carbons (Fsp3) is 0.167. The van der Waals surface area contributed by atoms with Gasteiger partial charge in [-0.3, -0.25) is 0 Å². The Bertz CT molecular complexity index is 520. The van der Waals surface area contributed by atoms with Gasteiger partial charge in [-0.25, -0.2) is 4.21 Å². The largest absolute Gasteiger partial charge is 0.302 e. The van der Waals surface area contributed by atoms with Gasteiger partial charge in [0, 0.05) is 0 Å². The van der Waals surface area contributed by atoms with E-state index in [2.05, 4.69) is 6.92 Å². The molecule has 2 aromatic carbocycles. The maximum absolute atomic E-state index is 11.0. The van der Waals surface area contributed by atoms with Crippen molar-refractivity contribution in [1.29, 1.82) is 0 Å². The first-order chi connectivity index (χ1) is 7.22. The molecule has 0 saturated carbocycles. The number of aryl methyl sites for hydroxylation is 1. The normalized spacial score (nSPS) is 12.9. The van der Waals surface area contributed by atoms with E-state index in [0.717, 1.165) is 17.2 Å². The summed E-state index contributed by atoms with van der Waals surface area (Å²) in [6, 6.07) is 11.4. The van der Waals surface area contributed by atoms with Crippen LogP contribution in [-0.2, 0) is 17.5 Å². The van der Waals surface area contributed by atoms with Crippen molar-refractivity contribution in [3.8, 4) is 0 Å². The Morgan fingerprint density at radius 3 is 2.73 bits per heavy atom. The molecule has 1 atom stereocenters. The van der Waals surface area contributed by atoms with E-state index in [1.807, 2.05) is 24.3 Å². The highest BCUT2D eigenvalue weighted by atomic mass is 32.2. The van der Waals surface area contributed by atoms with Crippen LogP contribution in [0.1, 0.15) is 12.5 Å². The molecule has 0 saturated heterocycles. The second-order valence-electron chi connectivity index (χ2n) is 3.40. The van der Waals surface area contributed by atoms with Gasteiger partial charge < -0.3 is 4.55 Å². The Labute approximate surface area is 91.2 Å². The van der Waals surface area contributed by atoms with Gasteiger partial charge in [-0.2, -0.15) is 0 Å². The molecular formula is C12H12O2S. The van der Waals surface area contributed by atoms with Gasteiger partial charge in [-0.15, -0.1) is 0 Å². The first-order valence-electron chi connectivity index (χ1n) is 4.85. The van der Waals surface area contributed by atoms with Crippen molar-refractivity contribution in [2.24, 2.45) is 0 Å². The van der Waals surface area contributed by atoms with Crippen LogP contribution >= 0.6 is 0 Å². The second-order valence-corrected chi connectivity index (χ2v) is 4.37. The highest BCUT2D eigenvalue weighted by Gasteiger charge is 2.03. The standard InChI is InChI=1S/C12H12O2S/c1-2-9-4-3-5-10-6-7-11(15(13)14)8-12(9)10/h3-8H,2H2,1H3,(H,13,14). The van der Waals surface area contributed by atoms with Crippen LogP contribution in [-0.4, -0.2) is 8.76 Å². The summed E-state index contributed by atoms with van der Waals surface area (Å²) in [5.41, 5.74) is 1.21. The molecule has 15 heavy (non-hydrogen) atoms. The minimum absolute atomic E-state index is 0.461. The molecule has 0 aliphatic carbocycles. The van der Waals surface area contributed by atoms with E-state index >= 15 is 0 Å². The first-order valence-corrected chi connectivity index (χ1v) is 5.95. The Morgan fingerprint density at radius 1 is 1.27 bits per heavy atom. The summed E-state index contributed by atoms with van der Waals surface area (Å²) in [6.07, 6.45) is 0.929. The van der Waals surface area contributed by atoms with Crippen molar-refractivity contribution < 1.29 is 8.76 Å². The summed E-state index contributed by atoms with van der Waals surface area (Å²) in [6.45, 7) is 2.08. The summed E-state index contributed by atoms with van der Waals surface area (Å²) in [7, 11) is 0. The third-order valence-corrected chi connectivity index (χ3v) is 3.18. The number of benzene rings is 2. The van der Waals surface area contributed by atoms with Crippen LogP contribution in [0.5, 0.6) is 0 Å². The molecule has 0 spiro atoms. The van der Waals surface area contributed by atoms with Crippen LogP contribution in [0.2, 0.25) is 0 Å². The number of hydrogen-bond acceptors (Lipinski definition) is 1. The fourth-order valence-corrected chi connectivity index (χ4v) is 2.14. The van der Waals surface area contributed by atoms with Crippen LogP contribution in [0.3, 0.4) is 0 Å². The predicted octanol–water partition coefficient (Wildman–Crippen LogP) is 2.98. The van der Waals surface area contributed by atoms with Crippen LogP contribution in [0.25, 0.3) is 10.8 Å². The molecule has 0 aromatic heterocycles. The van der Waals surface area contributed by atoms with Gasteiger partial charge >= 0.3 is 0 Å². The molecule has 0 aliphatic rings. The summed E-state index contributed by atoms with van der Waals surface area (Å²) >= 11 is -1.90. The van der Waals surface area contributed by atoms with Gasteiger partial charge in [0.15, 0.2) is 11.1 Å². The zero-order valence-electron chi connectivity index (χ0n) is 8.43. The maximum Gasteiger partial charge on any atom is 0.186 e. The lowest BCUT2D eigenvalue weighted by atomic mass is 10.0. The molecule has 3 heteroatoms. The van der Waals surface area contributed by atoms with Crippen LogP contribution in [0, 0.1) is 0 Å². The van der Waals surface area contributed by atoms with Crippen molar-refractivity contribution in [3.63, 3.8) is 0 Å². The molecule has 78 valence electrons. The van der Waals surface area contributed by atoms with Gasteiger partial charge in [-0.1, -0.05) is 31.2 Å². The van der Waals surface area contributed by atoms with Gasteiger partial charge in [0.25, 0.3) is 0 Å². The lowest BCUT2D eigenvalue weighted by Crippen LogP contribution is -1.90. The molecule has 1 N–H and O–H groups in total. The smallest absolute Gasteiger partial charge is 0.186 e. The zero-order valence-corrected chi connectivity index (χ0v) is 9.25. The van der Waals surface area contributed by atoms with E-state index in [4.69, 9.17) is 4.55 Å². The quantitative estimate of drug-likeness (QED) is 0.790. The second kappa shape index (κ2) is 4.13. The van der Waals surface area contributed by atoms with Gasteiger partial charge in [-0.05, 0) is 34.9 Å². The van der Waals surface area contributed by atoms with Crippen molar-refractivity contribution in [2.45, 2.75) is 18.2 Å². The molecular weight excluding hydrogens is 208 g/mol. The predicted molar refractivity (Wildman–Crippen MR) is 62.4 cm³/mol. The number of rotatable bonds is 2. The molecule has 1 unspecified atom stereocenters. The Balaban J connectivity index is 2.72. The lowest BCUT2D eigenvalue weighted by Gasteiger charge is -2.05. The molecule has 2 aromatic rings. The highest BCUT2D eigenvalue weighted by Crippen LogP contribution is 2.22. The van der Waals surface area contributed by atoms with E-state index in [1.54, 1.807) is 12.1 Å². The van der Waals surface area contributed by atoms with Crippen LogP contribution in [0.4, 0.5) is 0 Å². The SMILES string of the molecule is CCc1cccc2ccc(S(=O)O)cc12. The molecule has 2 rings (SSSR count). The van der Waals surface area contributed by atoms with Crippen LogP contribution < -0.4 is 0 Å². The topological polar surface area (TPSA) is 37.3 Å². The molecule has 0 bridgehead atoms. The third-order valence-electron chi connectivity index (χ3n) is 2.53. The summed E-state index contributed by atoms with van der Waals surface area (Å²) in [5.74, 6) is 0. The minimum Gasteiger partial charge on any atom is -0.302 e. The maximum atomic E-state index is 11.0. The summed E-state index contributed by atoms with van der Waals surface area (Å²) in [4.78, 5) is 0.461. The van der Waals surface area contributed by atoms with E-state index < -0.39 is 11.1 Å². The van der Waals surface area contributed by atoms with Gasteiger partial charge in [0.1, 0.15) is 0 Å². The van der Waals surface area contributed by atoms with Crippen molar-refractivity contribution in [2.75, 3.05) is 0 Å². The number of hydrogen-bond donors (Lipinski definition) is 1. The van der Waals surface area contributed by atoms with Crippen molar-refractivity contribution in [1.82, 2.24) is 0 Å². The highest BCUT2D eigenvalue weighted by molar-refractivity contribution is 7.79. The molecule has 0 aliphatic heterocycles. The Kier molecular flexibility index (Phi) is 2.84. The summed E-state index contributed by atoms with van der Waals surface area (Å²) in [5, 5.41) is 2.18. The van der Waals surface area contributed by atoms with Crippen molar-refractivity contribution in [3.05, 3.63) is 42.0 Å². The average Bonchev–Trinajstić information content (AvgIpc) is 2.27.